The molecular formula is C14H21ClFN3O. The Labute approximate surface area is 125 Å². The van der Waals surface area contributed by atoms with Crippen LogP contribution in [0.3, 0.4) is 0 Å². The molecule has 1 fully saturated rings. The Kier molecular flexibility index (Phi) is 6.91. The van der Waals surface area contributed by atoms with Crippen molar-refractivity contribution in [2.45, 2.75) is 18.9 Å². The molecule has 0 bridgehead atoms. The number of hydrogen-bond acceptors (Lipinski definition) is 3. The number of para-hydroxylation sites is 1. The molecular weight excluding hydrogens is 281 g/mol. The van der Waals surface area contributed by atoms with Crippen LogP contribution in [0.25, 0.3) is 0 Å². The molecule has 0 aliphatic carbocycles. The third-order valence-corrected chi connectivity index (χ3v) is 3.43. The summed E-state index contributed by atoms with van der Waals surface area (Å²) in [4.78, 5) is 14.0. The number of carbonyl (C=O) groups is 1. The minimum atomic E-state index is -0.400. The number of hydrogen-bond donors (Lipinski definition) is 2. The standard InChI is InChI=1S/C14H20FN3O.ClH/c1-16-11-5-4-8-18(9-11)10-14(19)17-13-7-3-2-6-12(13)15;/h2-3,6-7,11,16H,4-5,8-10H2,1H3,(H,17,19);1H. The first-order chi connectivity index (χ1) is 9.19. The van der Waals surface area contributed by atoms with Gasteiger partial charge in [0.25, 0.3) is 0 Å². The molecule has 0 radical (unpaired) electrons. The zero-order valence-electron chi connectivity index (χ0n) is 11.6. The van der Waals surface area contributed by atoms with Gasteiger partial charge in [0.05, 0.1) is 12.2 Å². The number of benzene rings is 1. The number of nitrogens with zero attached hydrogens (tertiary/aromatic N) is 1. The summed E-state index contributed by atoms with van der Waals surface area (Å²) in [5, 5.41) is 5.85. The topological polar surface area (TPSA) is 44.4 Å². The normalized spacial score (nSPS) is 19.2. The van der Waals surface area contributed by atoms with Gasteiger partial charge in [-0.2, -0.15) is 0 Å². The van der Waals surface area contributed by atoms with Crippen LogP contribution in [-0.2, 0) is 4.79 Å². The van der Waals surface area contributed by atoms with E-state index in [1.165, 1.54) is 6.07 Å². The van der Waals surface area contributed by atoms with Crippen molar-refractivity contribution in [3.05, 3.63) is 30.1 Å². The number of carbonyl (C=O) groups excluding carboxylic acids is 1. The lowest BCUT2D eigenvalue weighted by atomic mass is 10.1. The number of anilines is 1. The van der Waals surface area contributed by atoms with Gasteiger partial charge < -0.3 is 10.6 Å². The second kappa shape index (κ2) is 8.19. The molecule has 0 saturated carbocycles. The molecule has 1 aromatic carbocycles. The fourth-order valence-corrected chi connectivity index (χ4v) is 2.39. The van der Waals surface area contributed by atoms with Crippen LogP contribution in [0.4, 0.5) is 10.1 Å². The summed E-state index contributed by atoms with van der Waals surface area (Å²) in [7, 11) is 1.94. The number of piperidine rings is 1. The van der Waals surface area contributed by atoms with Crippen LogP contribution in [-0.4, -0.2) is 43.5 Å². The van der Waals surface area contributed by atoms with Gasteiger partial charge in [-0.25, -0.2) is 4.39 Å². The molecule has 0 spiro atoms. The van der Waals surface area contributed by atoms with Crippen molar-refractivity contribution in [1.82, 2.24) is 10.2 Å². The molecule has 112 valence electrons. The van der Waals surface area contributed by atoms with E-state index in [9.17, 15) is 9.18 Å². The molecule has 1 aromatic rings. The fraction of sp³-hybridized carbons (Fsp3) is 0.500. The first kappa shape index (κ1) is 16.9. The number of halogens is 2. The summed E-state index contributed by atoms with van der Waals surface area (Å²) >= 11 is 0. The molecule has 1 aliphatic rings. The predicted molar refractivity (Wildman–Crippen MR) is 80.8 cm³/mol. The number of nitrogens with one attached hydrogen (secondary N) is 2. The molecule has 1 amide bonds. The third kappa shape index (κ3) is 4.74. The molecule has 1 aliphatic heterocycles. The largest absolute Gasteiger partial charge is 0.322 e. The van der Waals surface area contributed by atoms with Crippen molar-refractivity contribution in [3.8, 4) is 0 Å². The van der Waals surface area contributed by atoms with Gasteiger partial charge >= 0.3 is 0 Å². The fourth-order valence-electron chi connectivity index (χ4n) is 2.39. The molecule has 1 unspecified atom stereocenters. The Bertz CT molecular complexity index is 444. The minimum Gasteiger partial charge on any atom is -0.322 e. The highest BCUT2D eigenvalue weighted by Gasteiger charge is 2.20. The van der Waals surface area contributed by atoms with E-state index in [-0.39, 0.29) is 24.0 Å². The summed E-state index contributed by atoms with van der Waals surface area (Å²) in [5.41, 5.74) is 0.245. The van der Waals surface area contributed by atoms with Crippen molar-refractivity contribution in [3.63, 3.8) is 0 Å². The lowest BCUT2D eigenvalue weighted by Crippen LogP contribution is -2.46. The van der Waals surface area contributed by atoms with Gasteiger partial charge in [0.2, 0.25) is 5.91 Å². The average molecular weight is 302 g/mol. The Morgan fingerprint density at radius 2 is 2.20 bits per heavy atom. The van der Waals surface area contributed by atoms with Crippen LogP contribution < -0.4 is 10.6 Å². The Balaban J connectivity index is 0.00000200. The maximum atomic E-state index is 13.4. The predicted octanol–water partition coefficient (Wildman–Crippen LogP) is 1.87. The summed E-state index contributed by atoms with van der Waals surface area (Å²) in [6, 6.07) is 6.66. The SMILES string of the molecule is CNC1CCCN(CC(=O)Nc2ccccc2F)C1.Cl. The van der Waals surface area contributed by atoms with E-state index in [1.54, 1.807) is 18.2 Å². The first-order valence-electron chi connectivity index (χ1n) is 6.63. The van der Waals surface area contributed by atoms with E-state index in [0.717, 1.165) is 25.9 Å². The second-order valence-corrected chi connectivity index (χ2v) is 4.89. The highest BCUT2D eigenvalue weighted by atomic mass is 35.5. The molecule has 0 aromatic heterocycles. The number of likely N-dealkylation sites (N-methyl/N-ethyl adjacent to an activating group) is 1. The van der Waals surface area contributed by atoms with Gasteiger partial charge in [-0.3, -0.25) is 9.69 Å². The van der Waals surface area contributed by atoms with Gasteiger partial charge in [0, 0.05) is 12.6 Å². The smallest absolute Gasteiger partial charge is 0.238 e. The van der Waals surface area contributed by atoms with E-state index in [4.69, 9.17) is 0 Å². The summed E-state index contributed by atoms with van der Waals surface area (Å²) in [6.07, 6.45) is 2.22. The molecule has 6 heteroatoms. The lowest BCUT2D eigenvalue weighted by Gasteiger charge is -2.31. The first-order valence-corrected chi connectivity index (χ1v) is 6.63. The Morgan fingerprint density at radius 1 is 1.45 bits per heavy atom. The molecule has 4 nitrogen and oxygen atoms in total. The highest BCUT2D eigenvalue weighted by molar-refractivity contribution is 5.92. The van der Waals surface area contributed by atoms with Crippen LogP contribution >= 0.6 is 12.4 Å². The summed E-state index contributed by atoms with van der Waals surface area (Å²) in [5.74, 6) is -0.565. The average Bonchev–Trinajstić information content (AvgIpc) is 2.41. The van der Waals surface area contributed by atoms with Crippen LogP contribution in [0.2, 0.25) is 0 Å². The summed E-state index contributed by atoms with van der Waals surface area (Å²) < 4.78 is 13.4. The van der Waals surface area contributed by atoms with E-state index >= 15 is 0 Å². The zero-order chi connectivity index (χ0) is 13.7. The van der Waals surface area contributed by atoms with E-state index in [1.807, 2.05) is 7.05 Å². The maximum absolute atomic E-state index is 13.4. The highest BCUT2D eigenvalue weighted by Crippen LogP contribution is 2.13. The minimum absolute atomic E-state index is 0. The van der Waals surface area contributed by atoms with E-state index in [0.29, 0.717) is 12.6 Å². The van der Waals surface area contributed by atoms with Crippen LogP contribution in [0.5, 0.6) is 0 Å². The molecule has 2 N–H and O–H groups in total. The second-order valence-electron chi connectivity index (χ2n) is 4.89. The van der Waals surface area contributed by atoms with Gasteiger partial charge in [0.15, 0.2) is 0 Å². The van der Waals surface area contributed by atoms with Gasteiger partial charge in [-0.05, 0) is 38.6 Å². The van der Waals surface area contributed by atoms with Gasteiger partial charge in [-0.1, -0.05) is 12.1 Å². The summed E-state index contributed by atoms with van der Waals surface area (Å²) in [6.45, 7) is 2.09. The lowest BCUT2D eigenvalue weighted by molar-refractivity contribution is -0.117. The zero-order valence-corrected chi connectivity index (χ0v) is 12.4. The van der Waals surface area contributed by atoms with Crippen molar-refractivity contribution >= 4 is 24.0 Å². The number of amides is 1. The van der Waals surface area contributed by atoms with Crippen molar-refractivity contribution < 1.29 is 9.18 Å². The van der Waals surface area contributed by atoms with Gasteiger partial charge in [-0.15, -0.1) is 12.4 Å². The molecule has 20 heavy (non-hydrogen) atoms. The maximum Gasteiger partial charge on any atom is 0.238 e. The Hall–Kier alpha value is -1.17. The Morgan fingerprint density at radius 3 is 2.90 bits per heavy atom. The number of likely N-dealkylation sites (tertiary alicyclic amines) is 1. The molecule has 1 atom stereocenters. The van der Waals surface area contributed by atoms with Crippen molar-refractivity contribution in [2.75, 3.05) is 32.0 Å². The van der Waals surface area contributed by atoms with E-state index < -0.39 is 5.82 Å². The van der Waals surface area contributed by atoms with Crippen LogP contribution in [0.15, 0.2) is 24.3 Å². The monoisotopic (exact) mass is 301 g/mol. The number of rotatable bonds is 4. The van der Waals surface area contributed by atoms with Crippen LogP contribution in [0, 0.1) is 5.82 Å². The van der Waals surface area contributed by atoms with Crippen LogP contribution in [0.1, 0.15) is 12.8 Å². The molecule has 2 rings (SSSR count). The quantitative estimate of drug-likeness (QED) is 0.892. The molecule has 1 heterocycles. The van der Waals surface area contributed by atoms with Gasteiger partial charge in [0.1, 0.15) is 5.82 Å². The van der Waals surface area contributed by atoms with E-state index in [2.05, 4.69) is 15.5 Å². The third-order valence-electron chi connectivity index (χ3n) is 3.43. The van der Waals surface area contributed by atoms with Crippen molar-refractivity contribution in [2.24, 2.45) is 0 Å². The molecule has 1 saturated heterocycles. The van der Waals surface area contributed by atoms with Crippen molar-refractivity contribution in [1.29, 1.82) is 0 Å².